The summed E-state index contributed by atoms with van der Waals surface area (Å²) in [6.07, 6.45) is 1.10. The third kappa shape index (κ3) is 9.42. The minimum absolute atomic E-state index is 0.306. The molecule has 1 atom stereocenters. The highest BCUT2D eigenvalue weighted by atomic mass is 16.5. The highest BCUT2D eigenvalue weighted by Gasteiger charge is 1.99. The molecule has 21 heavy (non-hydrogen) atoms. The summed E-state index contributed by atoms with van der Waals surface area (Å²) in [5.74, 6) is 0.900. The molecule has 0 aliphatic carbocycles. The van der Waals surface area contributed by atoms with Crippen molar-refractivity contribution < 1.29 is 19.3 Å². The molecule has 0 fully saturated rings. The van der Waals surface area contributed by atoms with Crippen molar-refractivity contribution in [2.45, 2.75) is 26.0 Å². The smallest absolute Gasteiger partial charge is 0.128 e. The van der Waals surface area contributed by atoms with Gasteiger partial charge in [0.05, 0.1) is 13.2 Å². The zero-order valence-corrected chi connectivity index (χ0v) is 13.0. The zero-order valence-electron chi connectivity index (χ0n) is 13.0. The number of aryl methyl sites for hydroxylation is 1. The van der Waals surface area contributed by atoms with Crippen LogP contribution in [0.1, 0.15) is 18.4 Å². The molecule has 0 aliphatic rings. The van der Waals surface area contributed by atoms with E-state index < -0.39 is 6.23 Å². The van der Waals surface area contributed by atoms with Gasteiger partial charge in [-0.05, 0) is 32.5 Å². The Morgan fingerprint density at radius 1 is 1.00 bits per heavy atom. The van der Waals surface area contributed by atoms with Gasteiger partial charge < -0.3 is 19.3 Å². The number of hydrogen-bond donors (Lipinski definition) is 2. The van der Waals surface area contributed by atoms with Gasteiger partial charge in [0.2, 0.25) is 0 Å². The predicted octanol–water partition coefficient (Wildman–Crippen LogP) is 1.73. The Bertz CT molecular complexity index is 356. The summed E-state index contributed by atoms with van der Waals surface area (Å²) in [4.78, 5) is 0. The molecule has 0 saturated carbocycles. The van der Waals surface area contributed by atoms with E-state index >= 15 is 0 Å². The maximum atomic E-state index is 9.19. The van der Waals surface area contributed by atoms with Crippen LogP contribution in [-0.2, 0) is 9.47 Å². The molecule has 0 heterocycles. The van der Waals surface area contributed by atoms with Crippen LogP contribution < -0.4 is 10.1 Å². The standard InChI is InChI=1S/C16H27NO4/c1-14-5-7-15(8-6-14)21-12-4-10-19-9-3-11-20-13-16(18)17-2/h5-8,16-18H,3-4,9-13H2,1-2H3. The van der Waals surface area contributed by atoms with Gasteiger partial charge in [0.25, 0.3) is 0 Å². The summed E-state index contributed by atoms with van der Waals surface area (Å²) in [7, 11) is 1.69. The van der Waals surface area contributed by atoms with E-state index in [0.29, 0.717) is 33.0 Å². The monoisotopic (exact) mass is 297 g/mol. The Hall–Kier alpha value is -1.14. The van der Waals surface area contributed by atoms with Gasteiger partial charge >= 0.3 is 0 Å². The van der Waals surface area contributed by atoms with E-state index in [0.717, 1.165) is 18.6 Å². The van der Waals surface area contributed by atoms with Crippen molar-refractivity contribution in [3.63, 3.8) is 0 Å². The SMILES string of the molecule is CNC(O)COCCCOCCCOc1ccc(C)cc1. The quantitative estimate of drug-likeness (QED) is 0.454. The first-order valence-electron chi connectivity index (χ1n) is 7.42. The zero-order chi connectivity index (χ0) is 15.3. The average Bonchev–Trinajstić information content (AvgIpc) is 2.50. The van der Waals surface area contributed by atoms with Crippen molar-refractivity contribution in [2.75, 3.05) is 40.1 Å². The number of hydrogen-bond acceptors (Lipinski definition) is 5. The van der Waals surface area contributed by atoms with Crippen molar-refractivity contribution in [2.24, 2.45) is 0 Å². The second-order valence-electron chi connectivity index (χ2n) is 4.86. The molecule has 120 valence electrons. The first-order chi connectivity index (χ1) is 10.2. The fourth-order valence-corrected chi connectivity index (χ4v) is 1.63. The third-order valence-electron chi connectivity index (χ3n) is 2.91. The molecule has 5 heteroatoms. The van der Waals surface area contributed by atoms with Crippen LogP contribution in [0.25, 0.3) is 0 Å². The van der Waals surface area contributed by atoms with Gasteiger partial charge in [-0.25, -0.2) is 0 Å². The van der Waals surface area contributed by atoms with E-state index in [1.165, 1.54) is 5.56 Å². The summed E-state index contributed by atoms with van der Waals surface area (Å²) in [5.41, 5.74) is 1.23. The summed E-state index contributed by atoms with van der Waals surface area (Å²) in [6.45, 7) is 4.97. The Morgan fingerprint density at radius 2 is 1.62 bits per heavy atom. The van der Waals surface area contributed by atoms with Crippen LogP contribution >= 0.6 is 0 Å². The van der Waals surface area contributed by atoms with Crippen molar-refractivity contribution in [1.29, 1.82) is 0 Å². The van der Waals surface area contributed by atoms with Gasteiger partial charge in [0.1, 0.15) is 12.0 Å². The normalized spacial score (nSPS) is 12.3. The Labute approximate surface area is 127 Å². The van der Waals surface area contributed by atoms with Gasteiger partial charge in [-0.1, -0.05) is 17.7 Å². The summed E-state index contributed by atoms with van der Waals surface area (Å²) < 4.78 is 16.4. The fourth-order valence-electron chi connectivity index (χ4n) is 1.63. The molecule has 1 rings (SSSR count). The predicted molar refractivity (Wildman–Crippen MR) is 82.6 cm³/mol. The molecule has 1 aromatic rings. The highest BCUT2D eigenvalue weighted by Crippen LogP contribution is 2.11. The summed E-state index contributed by atoms with van der Waals surface area (Å²) >= 11 is 0. The molecule has 0 radical (unpaired) electrons. The number of ether oxygens (including phenoxy) is 3. The lowest BCUT2D eigenvalue weighted by Crippen LogP contribution is -2.29. The van der Waals surface area contributed by atoms with E-state index in [1.54, 1.807) is 7.05 Å². The Morgan fingerprint density at radius 3 is 2.29 bits per heavy atom. The van der Waals surface area contributed by atoms with Gasteiger partial charge in [-0.15, -0.1) is 0 Å². The van der Waals surface area contributed by atoms with Crippen molar-refractivity contribution in [3.05, 3.63) is 29.8 Å². The van der Waals surface area contributed by atoms with Crippen molar-refractivity contribution in [1.82, 2.24) is 5.32 Å². The lowest BCUT2D eigenvalue weighted by atomic mass is 10.2. The molecular formula is C16H27NO4. The van der Waals surface area contributed by atoms with Gasteiger partial charge in [-0.2, -0.15) is 0 Å². The summed E-state index contributed by atoms with van der Waals surface area (Å²) in [5, 5.41) is 11.9. The number of nitrogens with one attached hydrogen (secondary N) is 1. The maximum absolute atomic E-state index is 9.19. The van der Waals surface area contributed by atoms with Crippen LogP contribution in [0.4, 0.5) is 0 Å². The largest absolute Gasteiger partial charge is 0.494 e. The number of aliphatic hydroxyl groups is 1. The van der Waals surface area contributed by atoms with Crippen LogP contribution in [0, 0.1) is 6.92 Å². The van der Waals surface area contributed by atoms with E-state index in [2.05, 4.69) is 12.2 Å². The molecule has 2 N–H and O–H groups in total. The molecule has 1 unspecified atom stereocenters. The average molecular weight is 297 g/mol. The van der Waals surface area contributed by atoms with Crippen molar-refractivity contribution >= 4 is 0 Å². The molecule has 0 amide bonds. The molecule has 0 bridgehead atoms. The first-order valence-corrected chi connectivity index (χ1v) is 7.42. The Balaban J connectivity index is 1.85. The van der Waals surface area contributed by atoms with Crippen LogP contribution in [0.15, 0.2) is 24.3 Å². The lowest BCUT2D eigenvalue weighted by Gasteiger charge is -2.10. The number of benzene rings is 1. The van der Waals surface area contributed by atoms with Gasteiger partial charge in [0.15, 0.2) is 0 Å². The molecule has 0 aromatic heterocycles. The van der Waals surface area contributed by atoms with E-state index in [4.69, 9.17) is 14.2 Å². The highest BCUT2D eigenvalue weighted by molar-refractivity contribution is 5.26. The molecule has 5 nitrogen and oxygen atoms in total. The van der Waals surface area contributed by atoms with Crippen molar-refractivity contribution in [3.8, 4) is 5.75 Å². The lowest BCUT2D eigenvalue weighted by molar-refractivity contribution is 0.0129. The maximum Gasteiger partial charge on any atom is 0.128 e. The minimum Gasteiger partial charge on any atom is -0.494 e. The summed E-state index contributed by atoms with van der Waals surface area (Å²) in [6, 6.07) is 8.04. The molecule has 0 saturated heterocycles. The van der Waals surface area contributed by atoms with Gasteiger partial charge in [0, 0.05) is 26.2 Å². The van der Waals surface area contributed by atoms with E-state index in [-0.39, 0.29) is 0 Å². The van der Waals surface area contributed by atoms with E-state index in [9.17, 15) is 5.11 Å². The molecule has 0 spiro atoms. The van der Waals surface area contributed by atoms with Crippen LogP contribution in [0.2, 0.25) is 0 Å². The minimum atomic E-state index is -0.593. The topological polar surface area (TPSA) is 60.0 Å². The third-order valence-corrected chi connectivity index (χ3v) is 2.91. The molecule has 0 aliphatic heterocycles. The fraction of sp³-hybridized carbons (Fsp3) is 0.625. The second-order valence-corrected chi connectivity index (χ2v) is 4.86. The first kappa shape index (κ1) is 17.9. The van der Waals surface area contributed by atoms with Gasteiger partial charge in [-0.3, -0.25) is 5.32 Å². The van der Waals surface area contributed by atoms with Crippen LogP contribution in [-0.4, -0.2) is 51.4 Å². The van der Waals surface area contributed by atoms with Crippen LogP contribution in [0.5, 0.6) is 5.75 Å². The number of likely N-dealkylation sites (N-methyl/N-ethyl adjacent to an activating group) is 1. The van der Waals surface area contributed by atoms with E-state index in [1.807, 2.05) is 24.3 Å². The second kappa shape index (κ2) is 11.5. The Kier molecular flexibility index (Phi) is 9.82. The van der Waals surface area contributed by atoms with Crippen LogP contribution in [0.3, 0.4) is 0 Å². The number of aliphatic hydroxyl groups excluding tert-OH is 1. The molecular weight excluding hydrogens is 270 g/mol. The number of rotatable bonds is 12. The molecule has 1 aromatic carbocycles.